The minimum Gasteiger partial charge on any atom is -0.256 e. The second kappa shape index (κ2) is 3.69. The second-order valence-corrected chi connectivity index (χ2v) is 6.42. The van der Waals surface area contributed by atoms with Crippen molar-refractivity contribution in [1.29, 1.82) is 0 Å². The molecule has 0 radical (unpaired) electrons. The molecule has 3 rings (SSSR count). The van der Waals surface area contributed by atoms with Gasteiger partial charge in [0.15, 0.2) is 0 Å². The Morgan fingerprint density at radius 2 is 1.68 bits per heavy atom. The highest BCUT2D eigenvalue weighted by atomic mass is 14.7. The molecule has 1 aromatic carbocycles. The first-order valence-corrected chi connectivity index (χ1v) is 6.68. The van der Waals surface area contributed by atoms with Crippen LogP contribution in [0, 0.1) is 6.85 Å². The summed E-state index contributed by atoms with van der Waals surface area (Å²) in [6, 6.07) is 10.1. The van der Waals surface area contributed by atoms with E-state index in [0.29, 0.717) is 5.56 Å². The van der Waals surface area contributed by atoms with Gasteiger partial charge in [0.25, 0.3) is 0 Å². The Bertz CT molecular complexity index is 742. The van der Waals surface area contributed by atoms with Crippen LogP contribution in [-0.4, -0.2) is 4.98 Å². The predicted octanol–water partition coefficient (Wildman–Crippen LogP) is 4.63. The molecule has 0 saturated carbocycles. The Labute approximate surface area is 119 Å². The number of aryl methyl sites for hydroxylation is 1. The first kappa shape index (κ1) is 9.30. The van der Waals surface area contributed by atoms with Gasteiger partial charge in [-0.1, -0.05) is 58.0 Å². The smallest absolute Gasteiger partial charge is 0.0742 e. The number of hydrogen-bond donors (Lipinski definition) is 0. The number of hydrogen-bond acceptors (Lipinski definition) is 1. The van der Waals surface area contributed by atoms with Crippen LogP contribution < -0.4 is 0 Å². The SMILES string of the molecule is [2H]C([2H])([2H])c1cnc2c(c1)C(C)(C)C(C)(C)c1ccccc1-2. The van der Waals surface area contributed by atoms with Crippen molar-refractivity contribution in [3.05, 3.63) is 53.2 Å². The number of fused-ring (bicyclic) bond motifs is 3. The minimum absolute atomic E-state index is 0.106. The number of rotatable bonds is 0. The first-order chi connectivity index (χ1) is 10.1. The number of nitrogens with zero attached hydrogens (tertiary/aromatic N) is 1. The molecule has 1 aromatic heterocycles. The summed E-state index contributed by atoms with van der Waals surface area (Å²) in [6.45, 7) is 6.66. The highest BCUT2D eigenvalue weighted by Crippen LogP contribution is 2.52. The summed E-state index contributed by atoms with van der Waals surface area (Å²) in [5.74, 6) is 0. The molecule has 0 N–H and O–H groups in total. The zero-order valence-electron chi connectivity index (χ0n) is 14.9. The summed E-state index contributed by atoms with van der Waals surface area (Å²) < 4.78 is 23.0. The average Bonchev–Trinajstić information content (AvgIpc) is 2.44. The summed E-state index contributed by atoms with van der Waals surface area (Å²) in [4.78, 5) is 4.53. The van der Waals surface area contributed by atoms with E-state index in [-0.39, 0.29) is 10.8 Å². The highest BCUT2D eigenvalue weighted by Gasteiger charge is 2.46. The summed E-state index contributed by atoms with van der Waals surface area (Å²) in [5, 5.41) is 0. The molecular formula is C18H21N. The zero-order valence-corrected chi connectivity index (χ0v) is 11.9. The van der Waals surface area contributed by atoms with Crippen molar-refractivity contribution in [1.82, 2.24) is 4.98 Å². The number of aromatic nitrogens is 1. The predicted molar refractivity (Wildman–Crippen MR) is 80.5 cm³/mol. The summed E-state index contributed by atoms with van der Waals surface area (Å²) in [6.07, 6.45) is 1.50. The van der Waals surface area contributed by atoms with Crippen LogP contribution in [0.25, 0.3) is 11.3 Å². The van der Waals surface area contributed by atoms with Gasteiger partial charge in [0, 0.05) is 21.3 Å². The molecular weight excluding hydrogens is 230 g/mol. The fraction of sp³-hybridized carbons (Fsp3) is 0.389. The molecule has 0 aliphatic heterocycles. The third kappa shape index (κ3) is 1.51. The maximum atomic E-state index is 7.66. The molecule has 2 aromatic rings. The lowest BCUT2D eigenvalue weighted by Gasteiger charge is -2.47. The van der Waals surface area contributed by atoms with Crippen LogP contribution in [0.2, 0.25) is 0 Å². The maximum absolute atomic E-state index is 7.66. The van der Waals surface area contributed by atoms with E-state index in [0.717, 1.165) is 16.8 Å². The molecule has 1 aliphatic carbocycles. The molecule has 0 fully saturated rings. The molecule has 0 spiro atoms. The van der Waals surface area contributed by atoms with Crippen LogP contribution >= 0.6 is 0 Å². The first-order valence-electron chi connectivity index (χ1n) is 8.18. The lowest BCUT2D eigenvalue weighted by atomic mass is 9.56. The molecule has 0 bridgehead atoms. The van der Waals surface area contributed by atoms with Crippen LogP contribution in [0.1, 0.15) is 48.5 Å². The second-order valence-electron chi connectivity index (χ2n) is 6.42. The van der Waals surface area contributed by atoms with E-state index in [1.807, 2.05) is 12.1 Å². The Balaban J connectivity index is 2.36. The molecule has 19 heavy (non-hydrogen) atoms. The van der Waals surface area contributed by atoms with Crippen molar-refractivity contribution in [3.8, 4) is 11.3 Å². The van der Waals surface area contributed by atoms with Crippen LogP contribution in [0.5, 0.6) is 0 Å². The van der Waals surface area contributed by atoms with Gasteiger partial charge in [0.1, 0.15) is 0 Å². The number of pyridine rings is 1. The maximum Gasteiger partial charge on any atom is 0.0742 e. The van der Waals surface area contributed by atoms with Gasteiger partial charge in [-0.15, -0.1) is 0 Å². The number of benzene rings is 1. The highest BCUT2D eigenvalue weighted by molar-refractivity contribution is 5.74. The Morgan fingerprint density at radius 1 is 1.00 bits per heavy atom. The summed E-state index contributed by atoms with van der Waals surface area (Å²) in [7, 11) is 0. The molecule has 0 saturated heterocycles. The quantitative estimate of drug-likeness (QED) is 0.668. The van der Waals surface area contributed by atoms with E-state index in [2.05, 4.69) is 50.9 Å². The molecule has 0 unspecified atom stereocenters. The van der Waals surface area contributed by atoms with E-state index in [4.69, 9.17) is 4.11 Å². The van der Waals surface area contributed by atoms with E-state index >= 15 is 0 Å². The van der Waals surface area contributed by atoms with Crippen LogP contribution in [0.3, 0.4) is 0 Å². The van der Waals surface area contributed by atoms with Gasteiger partial charge >= 0.3 is 0 Å². The van der Waals surface area contributed by atoms with Crippen molar-refractivity contribution in [2.24, 2.45) is 0 Å². The fourth-order valence-electron chi connectivity index (χ4n) is 3.06. The largest absolute Gasteiger partial charge is 0.256 e. The Hall–Kier alpha value is -1.63. The Morgan fingerprint density at radius 3 is 2.42 bits per heavy atom. The van der Waals surface area contributed by atoms with Gasteiger partial charge in [-0.3, -0.25) is 4.98 Å². The molecule has 1 nitrogen and oxygen atoms in total. The topological polar surface area (TPSA) is 12.9 Å². The van der Waals surface area contributed by atoms with Crippen molar-refractivity contribution >= 4 is 0 Å². The normalized spacial score (nSPS) is 21.6. The van der Waals surface area contributed by atoms with Gasteiger partial charge in [-0.2, -0.15) is 0 Å². The fourth-order valence-corrected chi connectivity index (χ4v) is 3.06. The average molecular weight is 254 g/mol. The molecule has 0 atom stereocenters. The van der Waals surface area contributed by atoms with E-state index in [1.165, 1.54) is 11.8 Å². The molecule has 1 heterocycles. The molecule has 98 valence electrons. The molecule has 0 amide bonds. The monoisotopic (exact) mass is 254 g/mol. The van der Waals surface area contributed by atoms with Crippen molar-refractivity contribution < 1.29 is 4.11 Å². The van der Waals surface area contributed by atoms with E-state index < -0.39 is 6.85 Å². The van der Waals surface area contributed by atoms with Gasteiger partial charge < -0.3 is 0 Å². The van der Waals surface area contributed by atoms with Gasteiger partial charge in [0.2, 0.25) is 0 Å². The lowest BCUT2D eigenvalue weighted by Crippen LogP contribution is -2.43. The van der Waals surface area contributed by atoms with Crippen molar-refractivity contribution in [2.75, 3.05) is 0 Å². The van der Waals surface area contributed by atoms with Gasteiger partial charge in [-0.05, 0) is 29.0 Å². The standard InChI is InChI=1S/C18H21N/c1-12-10-15-16(19-11-12)13-8-6-7-9-14(13)17(2,3)18(15,4)5/h6-11H,1-5H3/i1D3. The Kier molecular flexibility index (Phi) is 1.81. The van der Waals surface area contributed by atoms with Gasteiger partial charge in [-0.25, -0.2) is 0 Å². The molecule has 1 aliphatic rings. The lowest BCUT2D eigenvalue weighted by molar-refractivity contribution is 0.298. The van der Waals surface area contributed by atoms with Gasteiger partial charge in [0.05, 0.1) is 5.69 Å². The molecule has 1 heteroatoms. The summed E-state index contributed by atoms with van der Waals surface area (Å²) >= 11 is 0. The van der Waals surface area contributed by atoms with Crippen molar-refractivity contribution in [2.45, 2.75) is 45.4 Å². The van der Waals surface area contributed by atoms with Crippen LogP contribution in [0.4, 0.5) is 0 Å². The third-order valence-electron chi connectivity index (χ3n) is 4.98. The van der Waals surface area contributed by atoms with E-state index in [9.17, 15) is 0 Å². The van der Waals surface area contributed by atoms with Crippen molar-refractivity contribution in [3.63, 3.8) is 0 Å². The van der Waals surface area contributed by atoms with Crippen LogP contribution in [-0.2, 0) is 10.8 Å². The summed E-state index contributed by atoms with van der Waals surface area (Å²) in [5.41, 5.74) is 4.31. The van der Waals surface area contributed by atoms with E-state index in [1.54, 1.807) is 0 Å². The van der Waals surface area contributed by atoms with Crippen LogP contribution in [0.15, 0.2) is 36.5 Å². The minimum atomic E-state index is -2.13. The zero-order chi connectivity index (χ0) is 16.3. The third-order valence-corrected chi connectivity index (χ3v) is 4.98.